The average molecular weight is 481 g/mol. The predicted octanol–water partition coefficient (Wildman–Crippen LogP) is 2.58. The van der Waals surface area contributed by atoms with Gasteiger partial charge in [0.25, 0.3) is 5.91 Å². The van der Waals surface area contributed by atoms with E-state index in [-0.39, 0.29) is 49.8 Å². The van der Waals surface area contributed by atoms with Crippen LogP contribution in [0.4, 0.5) is 5.69 Å². The number of ether oxygens (including phenoxy) is 4. The van der Waals surface area contributed by atoms with Gasteiger partial charge in [0.15, 0.2) is 11.5 Å². The maximum Gasteiger partial charge on any atom is 0.255 e. The largest absolute Gasteiger partial charge is 0.487 e. The van der Waals surface area contributed by atoms with Crippen molar-refractivity contribution < 1.29 is 33.6 Å². The number of benzene rings is 2. The first kappa shape index (κ1) is 22.2. The standard InChI is InChI=1S/C26H28N2O7/c29-12-23-25-19(9-17(34-23)10-24(30)27-11-14-1-2-14)18-8-16(4-6-20(18)35-25)28-26(31)15-3-5-21-22(7-15)33-13-32-21/h3-8,14,17,19,23,25,29H,1-2,9-13H2,(H,27,30)(H,28,31)/t17-,19+,23-,25-/m0/s1. The van der Waals surface area contributed by atoms with Crippen molar-refractivity contribution in [3.63, 3.8) is 0 Å². The first-order valence-electron chi connectivity index (χ1n) is 12.1. The third kappa shape index (κ3) is 4.53. The fourth-order valence-electron chi connectivity index (χ4n) is 5.07. The van der Waals surface area contributed by atoms with Crippen molar-refractivity contribution in [1.82, 2.24) is 5.32 Å². The molecule has 3 heterocycles. The van der Waals surface area contributed by atoms with E-state index >= 15 is 0 Å². The first-order chi connectivity index (χ1) is 17.1. The SMILES string of the molecule is O=C(C[C@@H]1C[C@@H]2c3cc(NC(=O)c4ccc5c(c4)OCO5)ccc3O[C@@H]2[C@H](CO)O1)NCC1CC1. The van der Waals surface area contributed by atoms with Gasteiger partial charge >= 0.3 is 0 Å². The van der Waals surface area contributed by atoms with Gasteiger partial charge in [-0.05, 0) is 61.6 Å². The van der Waals surface area contributed by atoms with Crippen molar-refractivity contribution in [1.29, 1.82) is 0 Å². The number of fused-ring (bicyclic) bond motifs is 4. The Hall–Kier alpha value is -3.30. The van der Waals surface area contributed by atoms with Crippen LogP contribution in [0.1, 0.15) is 47.5 Å². The fraction of sp³-hybridized carbons (Fsp3) is 0.462. The minimum atomic E-state index is -0.519. The molecule has 4 aliphatic rings. The molecule has 4 atom stereocenters. The number of carbonyl (C=O) groups excluding carboxylic acids is 2. The number of anilines is 1. The lowest BCUT2D eigenvalue weighted by Crippen LogP contribution is -2.47. The molecule has 6 rings (SSSR count). The Morgan fingerprint density at radius 3 is 2.69 bits per heavy atom. The molecule has 0 aromatic heterocycles. The van der Waals surface area contributed by atoms with E-state index in [1.54, 1.807) is 24.3 Å². The predicted molar refractivity (Wildman–Crippen MR) is 125 cm³/mol. The highest BCUT2D eigenvalue weighted by Gasteiger charge is 2.46. The first-order valence-corrected chi connectivity index (χ1v) is 12.1. The molecule has 35 heavy (non-hydrogen) atoms. The molecule has 3 aliphatic heterocycles. The number of nitrogens with one attached hydrogen (secondary N) is 2. The van der Waals surface area contributed by atoms with Crippen molar-refractivity contribution in [3.05, 3.63) is 47.5 Å². The Morgan fingerprint density at radius 1 is 1.03 bits per heavy atom. The molecule has 2 aromatic rings. The molecular weight excluding hydrogens is 452 g/mol. The van der Waals surface area contributed by atoms with Crippen molar-refractivity contribution in [2.45, 2.75) is 49.9 Å². The Labute approximate surface area is 202 Å². The van der Waals surface area contributed by atoms with Crippen LogP contribution in [0.3, 0.4) is 0 Å². The van der Waals surface area contributed by atoms with E-state index in [0.29, 0.717) is 40.8 Å². The molecule has 0 spiro atoms. The van der Waals surface area contributed by atoms with Gasteiger partial charge in [0.2, 0.25) is 12.7 Å². The zero-order valence-corrected chi connectivity index (χ0v) is 19.2. The number of amides is 2. The van der Waals surface area contributed by atoms with Crippen LogP contribution in [-0.4, -0.2) is 55.2 Å². The summed E-state index contributed by atoms with van der Waals surface area (Å²) in [4.78, 5) is 25.3. The number of aliphatic hydroxyl groups excluding tert-OH is 1. The Kier molecular flexibility index (Phi) is 5.74. The summed E-state index contributed by atoms with van der Waals surface area (Å²) in [6, 6.07) is 10.6. The second-order valence-electron chi connectivity index (χ2n) is 9.63. The summed E-state index contributed by atoms with van der Waals surface area (Å²) >= 11 is 0. The molecule has 3 N–H and O–H groups in total. The highest BCUT2D eigenvalue weighted by Crippen LogP contribution is 2.47. The molecule has 2 amide bonds. The molecule has 0 bridgehead atoms. The summed E-state index contributed by atoms with van der Waals surface area (Å²) in [7, 11) is 0. The summed E-state index contributed by atoms with van der Waals surface area (Å²) in [6.45, 7) is 0.679. The number of carbonyl (C=O) groups is 2. The van der Waals surface area contributed by atoms with Crippen LogP contribution in [0.2, 0.25) is 0 Å². The van der Waals surface area contributed by atoms with Crippen LogP contribution in [0, 0.1) is 5.92 Å². The number of aliphatic hydroxyl groups is 1. The highest BCUT2D eigenvalue weighted by atomic mass is 16.7. The lowest BCUT2D eigenvalue weighted by Gasteiger charge is -2.37. The van der Waals surface area contributed by atoms with Crippen LogP contribution < -0.4 is 24.8 Å². The summed E-state index contributed by atoms with van der Waals surface area (Å²) in [5.74, 6) is 2.16. The molecule has 1 aliphatic carbocycles. The second-order valence-corrected chi connectivity index (χ2v) is 9.63. The normalized spacial score (nSPS) is 25.9. The van der Waals surface area contributed by atoms with Crippen molar-refractivity contribution >= 4 is 17.5 Å². The molecule has 2 fully saturated rings. The Morgan fingerprint density at radius 2 is 1.86 bits per heavy atom. The Bertz CT molecular complexity index is 1150. The zero-order chi connectivity index (χ0) is 23.9. The van der Waals surface area contributed by atoms with E-state index in [1.165, 1.54) is 12.8 Å². The van der Waals surface area contributed by atoms with E-state index in [4.69, 9.17) is 18.9 Å². The summed E-state index contributed by atoms with van der Waals surface area (Å²) < 4.78 is 22.8. The topological polar surface area (TPSA) is 115 Å². The van der Waals surface area contributed by atoms with Crippen molar-refractivity contribution in [2.24, 2.45) is 5.92 Å². The highest BCUT2D eigenvalue weighted by molar-refractivity contribution is 6.04. The van der Waals surface area contributed by atoms with Crippen molar-refractivity contribution in [3.8, 4) is 17.2 Å². The van der Waals surface area contributed by atoms with Gasteiger partial charge in [-0.25, -0.2) is 0 Å². The summed E-state index contributed by atoms with van der Waals surface area (Å²) in [6.07, 6.45) is 2.05. The van der Waals surface area contributed by atoms with E-state index in [1.807, 2.05) is 12.1 Å². The van der Waals surface area contributed by atoms with Crippen LogP contribution in [0.15, 0.2) is 36.4 Å². The monoisotopic (exact) mass is 480 g/mol. The lowest BCUT2D eigenvalue weighted by molar-refractivity contribution is -0.142. The third-order valence-electron chi connectivity index (χ3n) is 7.09. The van der Waals surface area contributed by atoms with Gasteiger partial charge in [-0.1, -0.05) is 0 Å². The second kappa shape index (κ2) is 9.05. The molecule has 0 unspecified atom stereocenters. The van der Waals surface area contributed by atoms with Gasteiger partial charge in [0, 0.05) is 29.3 Å². The zero-order valence-electron chi connectivity index (χ0n) is 19.2. The lowest BCUT2D eigenvalue weighted by atomic mass is 9.84. The smallest absolute Gasteiger partial charge is 0.255 e. The molecule has 2 aromatic carbocycles. The maximum absolute atomic E-state index is 12.8. The molecule has 184 valence electrons. The van der Waals surface area contributed by atoms with Gasteiger partial charge in [-0.15, -0.1) is 0 Å². The van der Waals surface area contributed by atoms with Crippen LogP contribution in [0.25, 0.3) is 0 Å². The Balaban J connectivity index is 1.16. The minimum Gasteiger partial charge on any atom is -0.487 e. The van der Waals surface area contributed by atoms with Gasteiger partial charge in [-0.2, -0.15) is 0 Å². The molecule has 0 radical (unpaired) electrons. The van der Waals surface area contributed by atoms with Gasteiger partial charge < -0.3 is 34.7 Å². The van der Waals surface area contributed by atoms with Gasteiger partial charge in [0.1, 0.15) is 18.0 Å². The van der Waals surface area contributed by atoms with Crippen LogP contribution in [0.5, 0.6) is 17.2 Å². The molecule has 1 saturated heterocycles. The third-order valence-corrected chi connectivity index (χ3v) is 7.09. The molecule has 9 heteroatoms. The van der Waals surface area contributed by atoms with Crippen molar-refractivity contribution in [2.75, 3.05) is 25.3 Å². The molecule has 1 saturated carbocycles. The van der Waals surface area contributed by atoms with Crippen LogP contribution in [-0.2, 0) is 9.53 Å². The average Bonchev–Trinajstić information content (AvgIpc) is 3.45. The van der Waals surface area contributed by atoms with E-state index < -0.39 is 6.10 Å². The summed E-state index contributed by atoms with van der Waals surface area (Å²) in [5.41, 5.74) is 2.05. The van der Waals surface area contributed by atoms with E-state index in [0.717, 1.165) is 12.1 Å². The molecule has 9 nitrogen and oxygen atoms in total. The minimum absolute atomic E-state index is 0.0269. The number of hydrogen-bond acceptors (Lipinski definition) is 7. The quantitative estimate of drug-likeness (QED) is 0.558. The molecular formula is C26H28N2O7. The summed E-state index contributed by atoms with van der Waals surface area (Å²) in [5, 5.41) is 15.9. The van der Waals surface area contributed by atoms with E-state index in [9.17, 15) is 14.7 Å². The van der Waals surface area contributed by atoms with E-state index in [2.05, 4.69) is 10.6 Å². The van der Waals surface area contributed by atoms with Gasteiger partial charge in [0.05, 0.1) is 19.1 Å². The maximum atomic E-state index is 12.8. The number of hydrogen-bond donors (Lipinski definition) is 3. The number of rotatable bonds is 7. The van der Waals surface area contributed by atoms with Crippen LogP contribution >= 0.6 is 0 Å². The fourth-order valence-corrected chi connectivity index (χ4v) is 5.07. The van der Waals surface area contributed by atoms with Gasteiger partial charge in [-0.3, -0.25) is 9.59 Å².